The van der Waals surface area contributed by atoms with Gasteiger partial charge in [-0.2, -0.15) is 0 Å². The Hall–Kier alpha value is -4.65. The number of benzene rings is 4. The maximum absolute atomic E-state index is 12.2. The summed E-state index contributed by atoms with van der Waals surface area (Å²) in [5.41, 5.74) is 1.10. The smallest absolute Gasteiger partial charge is 0.316 e. The fraction of sp³-hybridized carbons (Fsp3) is 0.250. The second kappa shape index (κ2) is 18.4. The largest absolute Gasteiger partial charge is 0.504 e. The van der Waals surface area contributed by atoms with E-state index >= 15 is 0 Å². The van der Waals surface area contributed by atoms with Crippen LogP contribution in [0.25, 0.3) is 0 Å². The molecule has 0 atom stereocenters. The monoisotopic (exact) mass is 675 g/mol. The molecule has 0 spiro atoms. The third-order valence-corrected chi connectivity index (χ3v) is 6.70. The van der Waals surface area contributed by atoms with E-state index in [4.69, 9.17) is 37.4 Å². The molecule has 0 saturated heterocycles. The van der Waals surface area contributed by atoms with Gasteiger partial charge in [0.2, 0.25) is 11.5 Å². The molecule has 14 heteroatoms. The number of nitro groups is 2. The van der Waals surface area contributed by atoms with Crippen LogP contribution >= 0.6 is 23.2 Å². The van der Waals surface area contributed by atoms with Gasteiger partial charge in [0.05, 0.1) is 26.6 Å². The highest BCUT2D eigenvalue weighted by Crippen LogP contribution is 2.41. The minimum absolute atomic E-state index is 0.0414. The van der Waals surface area contributed by atoms with Gasteiger partial charge in [-0.05, 0) is 24.6 Å². The molecule has 1 N–H and O–H groups in total. The standard InChI is InChI=1S/C19H22ClFN2O4.C13H10ClNO4/c1-22(9-5-8-21)10-11-26-18-13-16(20)12-17(23(24)25)19(18)27-14-15-6-3-2-4-7-15;14-10-6-11(15(17)18)13(12(16)7-10)19-8-9-4-2-1-3-5-9/h2-4,6-7,12-13H,5,8-11,14H2,1H3;1-7,16H,8H2. The van der Waals surface area contributed by atoms with Crippen molar-refractivity contribution >= 4 is 34.6 Å². The molecule has 244 valence electrons. The van der Waals surface area contributed by atoms with E-state index in [1.54, 1.807) is 0 Å². The van der Waals surface area contributed by atoms with Gasteiger partial charge in [0.15, 0.2) is 11.5 Å². The quantitative estimate of drug-likeness (QED) is 0.0980. The summed E-state index contributed by atoms with van der Waals surface area (Å²) in [6.45, 7) is 1.32. The van der Waals surface area contributed by atoms with Gasteiger partial charge in [0.25, 0.3) is 0 Å². The third-order valence-electron chi connectivity index (χ3n) is 6.26. The molecule has 4 aromatic rings. The number of nitro benzene ring substituents is 2. The second-order valence-electron chi connectivity index (χ2n) is 9.78. The number of phenols is 1. The number of rotatable bonds is 15. The zero-order chi connectivity index (χ0) is 33.5. The first-order chi connectivity index (χ1) is 22.1. The van der Waals surface area contributed by atoms with Crippen molar-refractivity contribution in [1.29, 1.82) is 0 Å². The number of hydrogen-bond acceptors (Lipinski definition) is 9. The van der Waals surface area contributed by atoms with Crippen LogP contribution in [0.4, 0.5) is 15.8 Å². The summed E-state index contributed by atoms with van der Waals surface area (Å²) in [4.78, 5) is 23.0. The first kappa shape index (κ1) is 35.8. The average molecular weight is 677 g/mol. The molecule has 0 unspecified atom stereocenters. The van der Waals surface area contributed by atoms with Gasteiger partial charge >= 0.3 is 11.4 Å². The molecule has 46 heavy (non-hydrogen) atoms. The van der Waals surface area contributed by atoms with Crippen LogP contribution in [0.2, 0.25) is 10.0 Å². The summed E-state index contributed by atoms with van der Waals surface area (Å²) < 4.78 is 29.0. The lowest BCUT2D eigenvalue weighted by atomic mass is 10.2. The molecule has 0 aliphatic heterocycles. The second-order valence-corrected chi connectivity index (χ2v) is 10.7. The highest BCUT2D eigenvalue weighted by Gasteiger charge is 2.23. The number of hydrogen-bond donors (Lipinski definition) is 1. The van der Waals surface area contributed by atoms with Crippen LogP contribution in [0.3, 0.4) is 0 Å². The first-order valence-corrected chi connectivity index (χ1v) is 14.7. The number of aromatic hydroxyl groups is 1. The van der Waals surface area contributed by atoms with Crippen LogP contribution in [0.5, 0.6) is 23.0 Å². The summed E-state index contributed by atoms with van der Waals surface area (Å²) in [6.07, 6.45) is 0.449. The van der Waals surface area contributed by atoms with E-state index in [0.717, 1.165) is 17.2 Å². The minimum Gasteiger partial charge on any atom is -0.504 e. The third kappa shape index (κ3) is 11.4. The van der Waals surface area contributed by atoms with E-state index in [9.17, 15) is 29.7 Å². The van der Waals surface area contributed by atoms with Crippen LogP contribution < -0.4 is 14.2 Å². The fourth-order valence-corrected chi connectivity index (χ4v) is 4.41. The van der Waals surface area contributed by atoms with Gasteiger partial charge in [-0.15, -0.1) is 0 Å². The SMILES string of the molecule is CN(CCCF)CCOc1cc(Cl)cc([N+](=O)[O-])c1OCc1ccccc1.O=[N+]([O-])c1cc(Cl)cc(O)c1OCc1ccccc1. The Kier molecular flexibility index (Phi) is 14.3. The van der Waals surface area contributed by atoms with Crippen molar-refractivity contribution in [3.63, 3.8) is 0 Å². The molecular formula is C32H32Cl2FN3O8. The lowest BCUT2D eigenvalue weighted by molar-refractivity contribution is -0.386. The molecule has 0 aliphatic carbocycles. The topological polar surface area (TPSA) is 137 Å². The van der Waals surface area contributed by atoms with E-state index < -0.39 is 9.85 Å². The summed E-state index contributed by atoms with van der Waals surface area (Å²) in [6, 6.07) is 23.5. The molecule has 11 nitrogen and oxygen atoms in total. The van der Waals surface area contributed by atoms with Crippen LogP contribution in [-0.4, -0.2) is 53.3 Å². The van der Waals surface area contributed by atoms with E-state index in [-0.39, 0.29) is 70.9 Å². The predicted octanol–water partition coefficient (Wildman–Crippen LogP) is 8.03. The Balaban J connectivity index is 0.000000266. The molecular weight excluding hydrogens is 644 g/mol. The Morgan fingerprint density at radius 1 is 0.761 bits per heavy atom. The van der Waals surface area contributed by atoms with Gasteiger partial charge in [-0.3, -0.25) is 24.6 Å². The Morgan fingerprint density at radius 2 is 1.26 bits per heavy atom. The van der Waals surface area contributed by atoms with Crippen molar-refractivity contribution in [1.82, 2.24) is 4.90 Å². The van der Waals surface area contributed by atoms with Crippen molar-refractivity contribution in [2.24, 2.45) is 0 Å². The van der Waals surface area contributed by atoms with Gasteiger partial charge in [0, 0.05) is 37.4 Å². The van der Waals surface area contributed by atoms with E-state index in [1.807, 2.05) is 72.6 Å². The number of alkyl halides is 1. The van der Waals surface area contributed by atoms with Gasteiger partial charge in [-0.25, -0.2) is 0 Å². The summed E-state index contributed by atoms with van der Waals surface area (Å²) in [5.74, 6) is -0.280. The predicted molar refractivity (Wildman–Crippen MR) is 173 cm³/mol. The molecule has 0 aromatic heterocycles. The molecule has 4 aromatic carbocycles. The van der Waals surface area contributed by atoms with Crippen molar-refractivity contribution in [2.45, 2.75) is 19.6 Å². The molecule has 4 rings (SSSR count). The molecule has 0 heterocycles. The highest BCUT2D eigenvalue weighted by atomic mass is 35.5. The summed E-state index contributed by atoms with van der Waals surface area (Å²) in [5, 5.41) is 32.3. The number of nitrogens with zero attached hydrogens (tertiary/aromatic N) is 3. The van der Waals surface area contributed by atoms with Crippen LogP contribution in [-0.2, 0) is 13.2 Å². The number of halogens is 3. The van der Waals surface area contributed by atoms with E-state index in [1.165, 1.54) is 18.2 Å². The highest BCUT2D eigenvalue weighted by molar-refractivity contribution is 6.31. The number of likely N-dealkylation sites (N-methyl/N-ethyl adjacent to an activating group) is 1. The molecule has 0 amide bonds. The van der Waals surface area contributed by atoms with Gasteiger partial charge in [-0.1, -0.05) is 83.9 Å². The van der Waals surface area contributed by atoms with E-state index in [2.05, 4.69) is 0 Å². The molecule has 0 radical (unpaired) electrons. The Labute approximate surface area is 275 Å². The zero-order valence-electron chi connectivity index (χ0n) is 24.8. The van der Waals surface area contributed by atoms with E-state index in [0.29, 0.717) is 19.5 Å². The summed E-state index contributed by atoms with van der Waals surface area (Å²) >= 11 is 11.7. The fourth-order valence-electron chi connectivity index (χ4n) is 4.00. The number of phenolic OH excluding ortho intramolecular Hbond substituents is 1. The van der Waals surface area contributed by atoms with Crippen LogP contribution in [0.15, 0.2) is 84.9 Å². The molecule has 0 saturated carbocycles. The first-order valence-electron chi connectivity index (χ1n) is 13.9. The Bertz CT molecular complexity index is 1580. The molecule has 0 fully saturated rings. The lowest BCUT2D eigenvalue weighted by Crippen LogP contribution is -2.25. The molecule has 0 bridgehead atoms. The van der Waals surface area contributed by atoms with Crippen LogP contribution in [0.1, 0.15) is 17.5 Å². The van der Waals surface area contributed by atoms with Crippen molar-refractivity contribution in [2.75, 3.05) is 33.4 Å². The van der Waals surface area contributed by atoms with Crippen molar-refractivity contribution in [3.8, 4) is 23.0 Å². The number of ether oxygens (including phenoxy) is 3. The maximum Gasteiger partial charge on any atom is 0.316 e. The minimum atomic E-state index is -0.647. The zero-order valence-corrected chi connectivity index (χ0v) is 26.3. The van der Waals surface area contributed by atoms with Crippen LogP contribution in [0, 0.1) is 20.2 Å². The van der Waals surface area contributed by atoms with Crippen molar-refractivity contribution < 1.29 is 33.6 Å². The lowest BCUT2D eigenvalue weighted by Gasteiger charge is -2.17. The van der Waals surface area contributed by atoms with Gasteiger partial charge < -0.3 is 24.2 Å². The van der Waals surface area contributed by atoms with Crippen molar-refractivity contribution in [3.05, 3.63) is 126 Å². The average Bonchev–Trinajstić information content (AvgIpc) is 3.03. The Morgan fingerprint density at radius 3 is 1.78 bits per heavy atom. The maximum atomic E-state index is 12.2. The van der Waals surface area contributed by atoms with Gasteiger partial charge in [0.1, 0.15) is 19.8 Å². The molecule has 0 aliphatic rings. The normalized spacial score (nSPS) is 10.5. The summed E-state index contributed by atoms with van der Waals surface area (Å²) in [7, 11) is 1.85.